The fourth-order valence-electron chi connectivity index (χ4n) is 1.77. The zero-order valence-electron chi connectivity index (χ0n) is 11.7. The number of rotatable bonds is 4. The van der Waals surface area contributed by atoms with Gasteiger partial charge < -0.3 is 0 Å². The zero-order valence-corrected chi connectivity index (χ0v) is 11.7. The number of nitrogens with zero attached hydrogens (tertiary/aromatic N) is 1. The van der Waals surface area contributed by atoms with Gasteiger partial charge in [0.05, 0.1) is 5.70 Å². The molecule has 0 saturated heterocycles. The molecule has 0 fully saturated rings. The van der Waals surface area contributed by atoms with E-state index in [0.717, 1.165) is 28.1 Å². The minimum Gasteiger partial charge on any atom is -0.258 e. The number of hydrogen-bond acceptors (Lipinski definition) is 1. The summed E-state index contributed by atoms with van der Waals surface area (Å²) >= 11 is 0. The van der Waals surface area contributed by atoms with E-state index in [-0.39, 0.29) is 0 Å². The van der Waals surface area contributed by atoms with Crippen molar-refractivity contribution < 1.29 is 0 Å². The molecule has 0 aliphatic carbocycles. The summed E-state index contributed by atoms with van der Waals surface area (Å²) in [6.07, 6.45) is 1.85. The molecule has 0 heterocycles. The highest BCUT2D eigenvalue weighted by Crippen LogP contribution is 2.25. The van der Waals surface area contributed by atoms with E-state index in [0.29, 0.717) is 0 Å². The van der Waals surface area contributed by atoms with Gasteiger partial charge in [-0.05, 0) is 38.8 Å². The first kappa shape index (κ1) is 14.2. The summed E-state index contributed by atoms with van der Waals surface area (Å²) in [6.45, 7) is 15.9. The maximum atomic E-state index is 4.58. The first-order chi connectivity index (χ1) is 8.45. The van der Waals surface area contributed by atoms with Crippen LogP contribution in [0.1, 0.15) is 31.9 Å². The predicted octanol–water partition coefficient (Wildman–Crippen LogP) is 4.95. The molecule has 0 N–H and O–H groups in total. The second kappa shape index (κ2) is 6.15. The molecule has 0 spiro atoms. The molecular weight excluding hydrogens is 218 g/mol. The SMILES string of the molecule is C=C/C(=C(\N=C(C)C)C(=C)C)c1cccc(C)c1. The average molecular weight is 239 g/mol. The van der Waals surface area contributed by atoms with Gasteiger partial charge in [0.25, 0.3) is 0 Å². The molecule has 0 aliphatic heterocycles. The number of benzene rings is 1. The molecule has 0 radical (unpaired) electrons. The van der Waals surface area contributed by atoms with Crippen molar-refractivity contribution in [1.82, 2.24) is 0 Å². The van der Waals surface area contributed by atoms with Crippen LogP contribution in [0.3, 0.4) is 0 Å². The molecule has 0 aromatic heterocycles. The van der Waals surface area contributed by atoms with E-state index in [1.807, 2.05) is 32.9 Å². The Balaban J connectivity index is 3.49. The summed E-state index contributed by atoms with van der Waals surface area (Å²) in [5.41, 5.74) is 6.27. The Labute approximate surface area is 110 Å². The molecule has 0 atom stereocenters. The van der Waals surface area contributed by atoms with Crippen molar-refractivity contribution >= 4 is 11.3 Å². The van der Waals surface area contributed by atoms with Crippen molar-refractivity contribution in [1.29, 1.82) is 0 Å². The largest absolute Gasteiger partial charge is 0.258 e. The molecule has 1 nitrogen and oxygen atoms in total. The Morgan fingerprint density at radius 3 is 2.33 bits per heavy atom. The van der Waals surface area contributed by atoms with Gasteiger partial charge in [0.15, 0.2) is 0 Å². The molecule has 1 aromatic rings. The van der Waals surface area contributed by atoms with Crippen molar-refractivity contribution in [2.24, 2.45) is 4.99 Å². The van der Waals surface area contributed by atoms with E-state index in [4.69, 9.17) is 0 Å². The third-order valence-electron chi connectivity index (χ3n) is 2.53. The number of aryl methyl sites for hydroxylation is 1. The average Bonchev–Trinajstić information content (AvgIpc) is 2.28. The van der Waals surface area contributed by atoms with Crippen LogP contribution in [0.5, 0.6) is 0 Å². The minimum absolute atomic E-state index is 0.913. The molecule has 18 heavy (non-hydrogen) atoms. The summed E-state index contributed by atoms with van der Waals surface area (Å²) in [4.78, 5) is 4.58. The molecule has 0 aliphatic rings. The van der Waals surface area contributed by atoms with Crippen LogP contribution in [0.25, 0.3) is 5.57 Å². The van der Waals surface area contributed by atoms with E-state index in [2.05, 4.69) is 43.3 Å². The van der Waals surface area contributed by atoms with Crippen molar-refractivity contribution in [3.8, 4) is 0 Å². The second-order valence-electron chi connectivity index (χ2n) is 4.68. The van der Waals surface area contributed by atoms with Gasteiger partial charge in [-0.3, -0.25) is 4.99 Å². The van der Waals surface area contributed by atoms with Crippen molar-refractivity contribution in [3.63, 3.8) is 0 Å². The second-order valence-corrected chi connectivity index (χ2v) is 4.68. The van der Waals surface area contributed by atoms with E-state index < -0.39 is 0 Å². The molecule has 0 unspecified atom stereocenters. The summed E-state index contributed by atoms with van der Waals surface area (Å²) in [5.74, 6) is 0. The molecular formula is C17H21N. The Kier molecular flexibility index (Phi) is 4.85. The molecule has 0 bridgehead atoms. The topological polar surface area (TPSA) is 12.4 Å². The van der Waals surface area contributed by atoms with Crippen LogP contribution >= 0.6 is 0 Å². The van der Waals surface area contributed by atoms with E-state index in [9.17, 15) is 0 Å². The Morgan fingerprint density at radius 2 is 1.89 bits per heavy atom. The molecule has 94 valence electrons. The lowest BCUT2D eigenvalue weighted by atomic mass is 9.99. The van der Waals surface area contributed by atoms with Gasteiger partial charge in [0, 0.05) is 11.3 Å². The third kappa shape index (κ3) is 3.56. The van der Waals surface area contributed by atoms with Gasteiger partial charge in [-0.1, -0.05) is 49.1 Å². The summed E-state index contributed by atoms with van der Waals surface area (Å²) in [6, 6.07) is 8.35. The van der Waals surface area contributed by atoms with Crippen molar-refractivity contribution in [2.45, 2.75) is 27.7 Å². The smallest absolute Gasteiger partial charge is 0.0730 e. The maximum absolute atomic E-state index is 4.58. The summed E-state index contributed by atoms with van der Waals surface area (Å²) in [5, 5.41) is 0. The molecule has 1 heteroatoms. The van der Waals surface area contributed by atoms with Gasteiger partial charge in [0.1, 0.15) is 0 Å². The molecule has 1 rings (SSSR count). The number of hydrogen-bond donors (Lipinski definition) is 0. The van der Waals surface area contributed by atoms with E-state index in [1.165, 1.54) is 5.56 Å². The first-order valence-electron chi connectivity index (χ1n) is 6.07. The highest BCUT2D eigenvalue weighted by Gasteiger charge is 2.07. The van der Waals surface area contributed by atoms with Crippen LogP contribution in [-0.4, -0.2) is 5.71 Å². The van der Waals surface area contributed by atoms with Crippen molar-refractivity contribution in [3.05, 3.63) is 65.9 Å². The monoisotopic (exact) mass is 239 g/mol. The molecule has 0 amide bonds. The third-order valence-corrected chi connectivity index (χ3v) is 2.53. The highest BCUT2D eigenvalue weighted by atomic mass is 14.8. The van der Waals surface area contributed by atoms with Crippen LogP contribution in [0.2, 0.25) is 0 Å². The lowest BCUT2D eigenvalue weighted by Gasteiger charge is -2.10. The van der Waals surface area contributed by atoms with Crippen LogP contribution < -0.4 is 0 Å². The first-order valence-corrected chi connectivity index (χ1v) is 6.07. The summed E-state index contributed by atoms with van der Waals surface area (Å²) < 4.78 is 0. The minimum atomic E-state index is 0.913. The van der Waals surface area contributed by atoms with Gasteiger partial charge in [-0.15, -0.1) is 0 Å². The Bertz CT molecular complexity index is 526. The standard InChI is InChI=1S/C17H21N/c1-7-16(15-10-8-9-14(6)11-15)17(12(2)3)18-13(4)5/h7-11H,1-2H2,3-6H3/b17-16+. The van der Waals surface area contributed by atoms with Crippen LogP contribution in [-0.2, 0) is 0 Å². The van der Waals surface area contributed by atoms with Gasteiger partial charge in [0.2, 0.25) is 0 Å². The van der Waals surface area contributed by atoms with Crippen molar-refractivity contribution in [2.75, 3.05) is 0 Å². The normalized spacial score (nSPS) is 11.6. The van der Waals surface area contributed by atoms with E-state index >= 15 is 0 Å². The zero-order chi connectivity index (χ0) is 13.7. The predicted molar refractivity (Wildman–Crippen MR) is 81.9 cm³/mol. The highest BCUT2D eigenvalue weighted by molar-refractivity contribution is 5.85. The lowest BCUT2D eigenvalue weighted by molar-refractivity contribution is 1.28. The number of allylic oxidation sites excluding steroid dienone is 3. The summed E-state index contributed by atoms with van der Waals surface area (Å²) in [7, 11) is 0. The van der Waals surface area contributed by atoms with Gasteiger partial charge >= 0.3 is 0 Å². The lowest BCUT2D eigenvalue weighted by Crippen LogP contribution is -1.93. The number of aliphatic imine (C=N–C) groups is 1. The van der Waals surface area contributed by atoms with Gasteiger partial charge in [-0.25, -0.2) is 0 Å². The van der Waals surface area contributed by atoms with Crippen LogP contribution in [0.15, 0.2) is 59.8 Å². The van der Waals surface area contributed by atoms with Gasteiger partial charge in [-0.2, -0.15) is 0 Å². The Morgan fingerprint density at radius 1 is 1.22 bits per heavy atom. The Hall–Kier alpha value is -1.89. The molecule has 1 aromatic carbocycles. The van der Waals surface area contributed by atoms with Crippen LogP contribution in [0, 0.1) is 6.92 Å². The van der Waals surface area contributed by atoms with E-state index in [1.54, 1.807) is 0 Å². The fraction of sp³-hybridized carbons (Fsp3) is 0.235. The maximum Gasteiger partial charge on any atom is 0.0730 e. The molecule has 0 saturated carbocycles. The van der Waals surface area contributed by atoms with Crippen LogP contribution in [0.4, 0.5) is 0 Å². The fourth-order valence-corrected chi connectivity index (χ4v) is 1.77. The quantitative estimate of drug-likeness (QED) is 0.521.